The predicted octanol–water partition coefficient (Wildman–Crippen LogP) is 4.33. The van der Waals surface area contributed by atoms with Crippen LogP contribution in [0.2, 0.25) is 0 Å². The van der Waals surface area contributed by atoms with Crippen LogP contribution in [0.5, 0.6) is 5.75 Å². The Balaban J connectivity index is 1.64. The topological polar surface area (TPSA) is 79.2 Å². The van der Waals surface area contributed by atoms with Crippen LogP contribution in [0.25, 0.3) is 6.08 Å². The molecule has 0 spiro atoms. The fourth-order valence-corrected chi connectivity index (χ4v) is 4.15. The van der Waals surface area contributed by atoms with Crippen molar-refractivity contribution in [2.75, 3.05) is 13.2 Å². The minimum Gasteiger partial charge on any atom is -0.488 e. The van der Waals surface area contributed by atoms with Crippen molar-refractivity contribution in [3.8, 4) is 5.75 Å². The van der Waals surface area contributed by atoms with Crippen molar-refractivity contribution in [2.45, 2.75) is 6.92 Å². The predicted molar refractivity (Wildman–Crippen MR) is 113 cm³/mol. The third-order valence-electron chi connectivity index (χ3n) is 4.49. The van der Waals surface area contributed by atoms with E-state index in [4.69, 9.17) is 9.84 Å². The van der Waals surface area contributed by atoms with Gasteiger partial charge in [-0.3, -0.25) is 9.69 Å². The molecule has 2 aliphatic heterocycles. The van der Waals surface area contributed by atoms with Gasteiger partial charge in [-0.1, -0.05) is 24.3 Å². The number of aliphatic imine (C=N–C) groups is 1. The van der Waals surface area contributed by atoms with E-state index in [0.717, 1.165) is 16.9 Å². The maximum atomic E-state index is 12.8. The first-order chi connectivity index (χ1) is 14.0. The van der Waals surface area contributed by atoms with Crippen LogP contribution >= 0.6 is 11.8 Å². The number of carboxylic acids is 1. The summed E-state index contributed by atoms with van der Waals surface area (Å²) in [6, 6.07) is 14.1. The van der Waals surface area contributed by atoms with Crippen molar-refractivity contribution in [3.63, 3.8) is 0 Å². The Morgan fingerprint density at radius 1 is 1.28 bits per heavy atom. The van der Waals surface area contributed by atoms with Gasteiger partial charge < -0.3 is 9.84 Å². The monoisotopic (exact) mass is 406 g/mol. The molecule has 2 aliphatic rings. The van der Waals surface area contributed by atoms with Crippen LogP contribution in [0.15, 0.2) is 70.1 Å². The van der Waals surface area contributed by atoms with E-state index in [2.05, 4.69) is 4.99 Å². The molecule has 6 nitrogen and oxygen atoms in total. The summed E-state index contributed by atoms with van der Waals surface area (Å²) < 4.78 is 5.76. The number of hydrogen-bond donors (Lipinski definition) is 1. The lowest BCUT2D eigenvalue weighted by atomic mass is 10.1. The van der Waals surface area contributed by atoms with E-state index in [1.807, 2.05) is 43.3 Å². The largest absolute Gasteiger partial charge is 0.488 e. The number of amides is 1. The molecule has 146 valence electrons. The highest BCUT2D eigenvalue weighted by atomic mass is 32.2. The molecule has 0 radical (unpaired) electrons. The molecule has 2 aromatic rings. The van der Waals surface area contributed by atoms with Crippen LogP contribution in [0.3, 0.4) is 0 Å². The molecule has 2 aromatic carbocycles. The molecule has 1 saturated heterocycles. The van der Waals surface area contributed by atoms with Gasteiger partial charge in [-0.25, -0.2) is 9.79 Å². The van der Waals surface area contributed by atoms with Crippen LogP contribution in [0.4, 0.5) is 5.69 Å². The van der Waals surface area contributed by atoms with Crippen LogP contribution in [-0.2, 0) is 4.79 Å². The van der Waals surface area contributed by atoms with Crippen molar-refractivity contribution in [1.82, 2.24) is 4.90 Å². The molecule has 0 unspecified atom stereocenters. The van der Waals surface area contributed by atoms with Gasteiger partial charge in [0.15, 0.2) is 5.17 Å². The van der Waals surface area contributed by atoms with E-state index in [1.54, 1.807) is 17.0 Å². The molecule has 1 N–H and O–H groups in total. The van der Waals surface area contributed by atoms with Crippen LogP contribution < -0.4 is 4.74 Å². The molecule has 7 heteroatoms. The highest BCUT2D eigenvalue weighted by Crippen LogP contribution is 2.35. The standard InChI is InChI=1S/C22H18N2O4S/c1-2-24-20(25)19(11-14-10-15-6-3-4-9-18(15)28-13-14)29-22(24)23-17-8-5-7-16(12-17)21(26)27/h3-12H,2,13H2,1H3,(H,26,27)/b19-11-,23-22?. The normalized spacial score (nSPS) is 18.6. The molecule has 1 fully saturated rings. The van der Waals surface area contributed by atoms with Crippen molar-refractivity contribution in [2.24, 2.45) is 4.99 Å². The SMILES string of the molecule is CCN1C(=O)/C(=C/C2=Cc3ccccc3OC2)SC1=Nc1cccc(C(=O)O)c1. The molecule has 0 atom stereocenters. The Hall–Kier alpha value is -3.32. The Kier molecular flexibility index (Phi) is 5.22. The zero-order chi connectivity index (χ0) is 20.4. The van der Waals surface area contributed by atoms with Gasteiger partial charge in [0.25, 0.3) is 5.91 Å². The van der Waals surface area contributed by atoms with E-state index in [9.17, 15) is 9.59 Å². The zero-order valence-corrected chi connectivity index (χ0v) is 16.5. The number of carbonyl (C=O) groups is 2. The number of rotatable bonds is 4. The summed E-state index contributed by atoms with van der Waals surface area (Å²) in [7, 11) is 0. The molecular formula is C22H18N2O4S. The minimum atomic E-state index is -1.01. The second-order valence-electron chi connectivity index (χ2n) is 6.46. The third kappa shape index (κ3) is 3.95. The van der Waals surface area contributed by atoms with Crippen molar-refractivity contribution in [1.29, 1.82) is 0 Å². The van der Waals surface area contributed by atoms with Gasteiger partial charge in [0.1, 0.15) is 12.4 Å². The number of carbonyl (C=O) groups excluding carboxylic acids is 1. The summed E-state index contributed by atoms with van der Waals surface area (Å²) in [4.78, 5) is 30.7. The van der Waals surface area contributed by atoms with Gasteiger partial charge in [-0.15, -0.1) is 0 Å². The van der Waals surface area contributed by atoms with Crippen molar-refractivity contribution in [3.05, 3.63) is 76.2 Å². The zero-order valence-electron chi connectivity index (χ0n) is 15.7. The number of benzene rings is 2. The average molecular weight is 406 g/mol. The second-order valence-corrected chi connectivity index (χ2v) is 7.46. The van der Waals surface area contributed by atoms with E-state index < -0.39 is 5.97 Å². The Morgan fingerprint density at radius 3 is 2.90 bits per heavy atom. The first-order valence-corrected chi connectivity index (χ1v) is 9.92. The number of para-hydroxylation sites is 1. The van der Waals surface area contributed by atoms with E-state index in [-0.39, 0.29) is 11.5 Å². The third-order valence-corrected chi connectivity index (χ3v) is 5.50. The summed E-state index contributed by atoms with van der Waals surface area (Å²) in [6.07, 6.45) is 3.85. The highest BCUT2D eigenvalue weighted by Gasteiger charge is 2.32. The number of aromatic carboxylic acids is 1. The number of nitrogens with zero attached hydrogens (tertiary/aromatic N) is 2. The second kappa shape index (κ2) is 7.97. The quantitative estimate of drug-likeness (QED) is 0.765. The van der Waals surface area contributed by atoms with Crippen molar-refractivity contribution >= 4 is 40.6 Å². The Labute approximate surface area is 172 Å². The number of fused-ring (bicyclic) bond motifs is 1. The molecule has 2 heterocycles. The fourth-order valence-electron chi connectivity index (χ4n) is 3.07. The molecule has 0 bridgehead atoms. The Bertz CT molecular complexity index is 1090. The number of carboxylic acid groups (broad SMARTS) is 1. The number of likely N-dealkylation sites (N-methyl/N-ethyl adjacent to an activating group) is 1. The van der Waals surface area contributed by atoms with Crippen molar-refractivity contribution < 1.29 is 19.4 Å². The van der Waals surface area contributed by atoms with Crippen LogP contribution in [-0.4, -0.2) is 40.2 Å². The van der Waals surface area contributed by atoms with Gasteiger partial charge in [0.05, 0.1) is 16.2 Å². The highest BCUT2D eigenvalue weighted by molar-refractivity contribution is 8.18. The molecular weight excluding hydrogens is 388 g/mol. The lowest BCUT2D eigenvalue weighted by molar-refractivity contribution is -0.122. The maximum absolute atomic E-state index is 12.8. The van der Waals surface area contributed by atoms with Gasteiger partial charge in [-0.05, 0) is 60.7 Å². The smallest absolute Gasteiger partial charge is 0.335 e. The first kappa shape index (κ1) is 19.0. The molecule has 0 aliphatic carbocycles. The lowest BCUT2D eigenvalue weighted by Crippen LogP contribution is -2.28. The number of ether oxygens (including phenoxy) is 1. The lowest BCUT2D eigenvalue weighted by Gasteiger charge is -2.16. The van der Waals surface area contributed by atoms with Gasteiger partial charge in [0, 0.05) is 12.1 Å². The maximum Gasteiger partial charge on any atom is 0.335 e. The van der Waals surface area contributed by atoms with Crippen LogP contribution in [0.1, 0.15) is 22.8 Å². The molecule has 1 amide bonds. The number of hydrogen-bond acceptors (Lipinski definition) is 5. The summed E-state index contributed by atoms with van der Waals surface area (Å²) in [5.41, 5.74) is 2.54. The summed E-state index contributed by atoms with van der Waals surface area (Å²) in [6.45, 7) is 2.75. The van der Waals surface area contributed by atoms with E-state index >= 15 is 0 Å². The van der Waals surface area contributed by atoms with E-state index in [1.165, 1.54) is 23.9 Å². The molecule has 0 saturated carbocycles. The van der Waals surface area contributed by atoms with Gasteiger partial charge in [0.2, 0.25) is 0 Å². The number of thioether (sulfide) groups is 1. The molecule has 4 rings (SSSR count). The minimum absolute atomic E-state index is 0.120. The molecule has 0 aromatic heterocycles. The van der Waals surface area contributed by atoms with Gasteiger partial charge >= 0.3 is 5.97 Å². The summed E-state index contributed by atoms with van der Waals surface area (Å²) >= 11 is 1.28. The van der Waals surface area contributed by atoms with E-state index in [0.29, 0.717) is 28.9 Å². The Morgan fingerprint density at radius 2 is 2.10 bits per heavy atom. The van der Waals surface area contributed by atoms with Crippen LogP contribution in [0, 0.1) is 0 Å². The summed E-state index contributed by atoms with van der Waals surface area (Å²) in [5, 5.41) is 9.69. The molecule has 29 heavy (non-hydrogen) atoms. The first-order valence-electron chi connectivity index (χ1n) is 9.11. The summed E-state index contributed by atoms with van der Waals surface area (Å²) in [5.74, 6) is -0.305. The van der Waals surface area contributed by atoms with Gasteiger partial charge in [-0.2, -0.15) is 0 Å². The fraction of sp³-hybridized carbons (Fsp3) is 0.136. The average Bonchev–Trinajstić information content (AvgIpc) is 3.02. The number of amidine groups is 1.